The fraction of sp³-hybridized carbons (Fsp3) is 0.647. The van der Waals surface area contributed by atoms with Crippen LogP contribution in [0.15, 0.2) is 24.3 Å². The smallest absolute Gasteiger partial charge is 0.119 e. The van der Waals surface area contributed by atoms with Crippen LogP contribution >= 0.6 is 0 Å². The lowest BCUT2D eigenvalue weighted by Crippen LogP contribution is -2.58. The van der Waals surface area contributed by atoms with Crippen LogP contribution in [-0.4, -0.2) is 62.7 Å². The summed E-state index contributed by atoms with van der Waals surface area (Å²) in [6, 6.07) is 8.69. The van der Waals surface area contributed by atoms with Gasteiger partial charge in [0.15, 0.2) is 0 Å². The van der Waals surface area contributed by atoms with E-state index in [0.29, 0.717) is 6.04 Å². The Bertz CT molecular complexity index is 461. The second kappa shape index (κ2) is 6.77. The molecule has 118 valence electrons. The summed E-state index contributed by atoms with van der Waals surface area (Å²) in [5.74, 6) is 0.923. The fourth-order valence-electron chi connectivity index (χ4n) is 2.98. The highest BCUT2D eigenvalue weighted by atomic mass is 16.5. The van der Waals surface area contributed by atoms with Gasteiger partial charge in [0, 0.05) is 37.8 Å². The van der Waals surface area contributed by atoms with E-state index in [1.165, 1.54) is 5.56 Å². The van der Waals surface area contributed by atoms with Crippen LogP contribution in [0, 0.1) is 0 Å². The third kappa shape index (κ3) is 3.96. The summed E-state index contributed by atoms with van der Waals surface area (Å²) in [6.45, 7) is 9.02. The number of likely N-dealkylation sites (N-methyl/N-ethyl adjacent to an activating group) is 2. The van der Waals surface area contributed by atoms with Crippen molar-refractivity contribution < 1.29 is 4.74 Å². The molecule has 1 atom stereocenters. The molecular formula is C17H29N3O. The molecule has 0 amide bonds. The first-order valence-electron chi connectivity index (χ1n) is 7.71. The Hall–Kier alpha value is -1.10. The van der Waals surface area contributed by atoms with Gasteiger partial charge in [-0.2, -0.15) is 0 Å². The second-order valence-electron chi connectivity index (χ2n) is 6.59. The van der Waals surface area contributed by atoms with Crippen molar-refractivity contribution in [3.8, 4) is 5.75 Å². The molecule has 0 spiro atoms. The van der Waals surface area contributed by atoms with Crippen molar-refractivity contribution in [1.82, 2.24) is 15.1 Å². The topological polar surface area (TPSA) is 27.7 Å². The minimum Gasteiger partial charge on any atom is -0.497 e. The molecule has 21 heavy (non-hydrogen) atoms. The molecule has 4 heteroatoms. The van der Waals surface area contributed by atoms with Crippen LogP contribution in [0.2, 0.25) is 0 Å². The van der Waals surface area contributed by atoms with Crippen molar-refractivity contribution in [3.63, 3.8) is 0 Å². The molecule has 1 unspecified atom stereocenters. The first-order valence-corrected chi connectivity index (χ1v) is 7.71. The van der Waals surface area contributed by atoms with Crippen molar-refractivity contribution in [1.29, 1.82) is 0 Å². The van der Waals surface area contributed by atoms with Crippen LogP contribution in [0.1, 0.15) is 25.5 Å². The van der Waals surface area contributed by atoms with Crippen LogP contribution in [0.4, 0.5) is 0 Å². The highest BCUT2D eigenvalue weighted by molar-refractivity contribution is 5.30. The van der Waals surface area contributed by atoms with Gasteiger partial charge in [0.05, 0.1) is 7.11 Å². The Morgan fingerprint density at radius 3 is 2.71 bits per heavy atom. The summed E-state index contributed by atoms with van der Waals surface area (Å²) in [4.78, 5) is 5.00. The fourth-order valence-corrected chi connectivity index (χ4v) is 2.98. The maximum atomic E-state index is 5.34. The summed E-state index contributed by atoms with van der Waals surface area (Å²) in [5.41, 5.74) is 1.53. The molecule has 1 aromatic carbocycles. The quantitative estimate of drug-likeness (QED) is 0.898. The largest absolute Gasteiger partial charge is 0.497 e. The van der Waals surface area contributed by atoms with Gasteiger partial charge in [-0.15, -0.1) is 0 Å². The first-order chi connectivity index (χ1) is 9.96. The van der Waals surface area contributed by atoms with Crippen molar-refractivity contribution in [2.45, 2.75) is 25.4 Å². The third-order valence-corrected chi connectivity index (χ3v) is 4.68. The van der Waals surface area contributed by atoms with Crippen molar-refractivity contribution in [2.75, 3.05) is 47.4 Å². The summed E-state index contributed by atoms with van der Waals surface area (Å²) in [5, 5.41) is 3.44. The Balaban J connectivity index is 2.05. The van der Waals surface area contributed by atoms with E-state index in [1.807, 2.05) is 13.1 Å². The maximum absolute atomic E-state index is 5.34. The van der Waals surface area contributed by atoms with Gasteiger partial charge in [-0.1, -0.05) is 12.1 Å². The number of nitrogens with zero attached hydrogens (tertiary/aromatic N) is 2. The predicted molar refractivity (Wildman–Crippen MR) is 87.9 cm³/mol. The number of piperazine rings is 1. The molecule has 1 saturated heterocycles. The number of hydrogen-bond acceptors (Lipinski definition) is 4. The molecule has 1 heterocycles. The summed E-state index contributed by atoms with van der Waals surface area (Å²) in [6.07, 6.45) is 0. The molecule has 1 fully saturated rings. The highest BCUT2D eigenvalue weighted by Gasteiger charge is 2.31. The molecule has 0 saturated carbocycles. The number of hydrogen-bond donors (Lipinski definition) is 1. The zero-order chi connectivity index (χ0) is 15.5. The van der Waals surface area contributed by atoms with E-state index in [4.69, 9.17) is 4.74 Å². The number of benzene rings is 1. The van der Waals surface area contributed by atoms with E-state index >= 15 is 0 Å². The molecule has 1 N–H and O–H groups in total. The van der Waals surface area contributed by atoms with Crippen molar-refractivity contribution in [3.05, 3.63) is 29.8 Å². The summed E-state index contributed by atoms with van der Waals surface area (Å²) >= 11 is 0. The molecule has 0 aliphatic carbocycles. The van der Waals surface area contributed by atoms with Gasteiger partial charge >= 0.3 is 0 Å². The molecule has 1 aliphatic heterocycles. The molecule has 2 rings (SSSR count). The third-order valence-electron chi connectivity index (χ3n) is 4.68. The van der Waals surface area contributed by atoms with Crippen LogP contribution in [-0.2, 0) is 0 Å². The lowest BCUT2D eigenvalue weighted by molar-refractivity contribution is 0.0355. The molecule has 1 aliphatic rings. The number of rotatable bonds is 5. The first kappa shape index (κ1) is 16.3. The van der Waals surface area contributed by atoms with Crippen molar-refractivity contribution in [2.24, 2.45) is 0 Å². The highest BCUT2D eigenvalue weighted by Crippen LogP contribution is 2.23. The van der Waals surface area contributed by atoms with E-state index < -0.39 is 0 Å². The average Bonchev–Trinajstić information content (AvgIpc) is 2.48. The van der Waals surface area contributed by atoms with E-state index in [9.17, 15) is 0 Å². The molecule has 0 bridgehead atoms. The van der Waals surface area contributed by atoms with Crippen molar-refractivity contribution >= 4 is 0 Å². The van der Waals surface area contributed by atoms with Gasteiger partial charge in [0.25, 0.3) is 0 Å². The van der Waals surface area contributed by atoms with Gasteiger partial charge in [-0.25, -0.2) is 0 Å². The Labute approximate surface area is 129 Å². The number of methoxy groups -OCH3 is 1. The SMILES string of the molecule is CNC(CN1CCN(C)C(C)(C)C1)c1cccc(OC)c1. The molecule has 0 radical (unpaired) electrons. The number of ether oxygens (including phenoxy) is 1. The Morgan fingerprint density at radius 1 is 1.33 bits per heavy atom. The van der Waals surface area contributed by atoms with Gasteiger partial charge in [0.2, 0.25) is 0 Å². The standard InChI is InChI=1S/C17H29N3O/c1-17(2)13-20(10-9-19(17)4)12-16(18-3)14-7-6-8-15(11-14)21-5/h6-8,11,16,18H,9-10,12-13H2,1-5H3. The predicted octanol–water partition coefficient (Wildman–Crippen LogP) is 1.98. The molecule has 0 aromatic heterocycles. The van der Waals surface area contributed by atoms with E-state index in [2.05, 4.69) is 54.2 Å². The molecular weight excluding hydrogens is 262 g/mol. The zero-order valence-corrected chi connectivity index (χ0v) is 14.0. The van der Waals surface area contributed by atoms with Gasteiger partial charge in [0.1, 0.15) is 5.75 Å². The average molecular weight is 291 g/mol. The van der Waals surface area contributed by atoms with E-state index in [-0.39, 0.29) is 5.54 Å². The van der Waals surface area contributed by atoms with Crippen LogP contribution in [0.3, 0.4) is 0 Å². The normalized spacial score (nSPS) is 21.2. The Morgan fingerprint density at radius 2 is 2.10 bits per heavy atom. The van der Waals surface area contributed by atoms with E-state index in [1.54, 1.807) is 7.11 Å². The van der Waals surface area contributed by atoms with Crippen LogP contribution in [0.5, 0.6) is 5.75 Å². The summed E-state index contributed by atoms with van der Waals surface area (Å²) < 4.78 is 5.34. The van der Waals surface area contributed by atoms with Gasteiger partial charge in [-0.05, 0) is 45.6 Å². The number of nitrogens with one attached hydrogen (secondary N) is 1. The Kier molecular flexibility index (Phi) is 5.25. The second-order valence-corrected chi connectivity index (χ2v) is 6.59. The minimum atomic E-state index is 0.241. The van der Waals surface area contributed by atoms with E-state index in [0.717, 1.165) is 31.9 Å². The summed E-state index contributed by atoms with van der Waals surface area (Å²) in [7, 11) is 5.97. The lowest BCUT2D eigenvalue weighted by atomic mass is 9.98. The molecule has 4 nitrogen and oxygen atoms in total. The lowest BCUT2D eigenvalue weighted by Gasteiger charge is -2.46. The molecule has 1 aromatic rings. The maximum Gasteiger partial charge on any atom is 0.119 e. The van der Waals surface area contributed by atoms with Crippen LogP contribution < -0.4 is 10.1 Å². The minimum absolute atomic E-state index is 0.241. The van der Waals surface area contributed by atoms with Crippen LogP contribution in [0.25, 0.3) is 0 Å². The monoisotopic (exact) mass is 291 g/mol. The van der Waals surface area contributed by atoms with Gasteiger partial charge in [-0.3, -0.25) is 9.80 Å². The zero-order valence-electron chi connectivity index (χ0n) is 14.0. The van der Waals surface area contributed by atoms with Gasteiger partial charge < -0.3 is 10.1 Å².